The number of halogens is 1. The molecular weight excluding hydrogens is 304 g/mol. The summed E-state index contributed by atoms with van der Waals surface area (Å²) in [7, 11) is 3.73. The largest absolute Gasteiger partial charge is 0.363 e. The lowest BCUT2D eigenvalue weighted by molar-refractivity contribution is 0.0787. The van der Waals surface area contributed by atoms with Gasteiger partial charge in [0.05, 0.1) is 6.04 Å². The van der Waals surface area contributed by atoms with Crippen LogP contribution in [-0.4, -0.2) is 57.7 Å². The first-order chi connectivity index (χ1) is 10.5. The van der Waals surface area contributed by atoms with Crippen molar-refractivity contribution in [3.63, 3.8) is 0 Å². The van der Waals surface area contributed by atoms with E-state index in [1.807, 2.05) is 23.9 Å². The first-order valence-electron chi connectivity index (χ1n) is 7.03. The number of likely N-dealkylation sites (tertiary alicyclic amines) is 1. The highest BCUT2D eigenvalue weighted by Gasteiger charge is 2.29. The maximum Gasteiger partial charge on any atom is 0.254 e. The van der Waals surface area contributed by atoms with Crippen LogP contribution in [0.1, 0.15) is 22.8 Å². The number of carbonyl (C=O) groups is 1. The normalized spacial score (nSPS) is 17.8. The van der Waals surface area contributed by atoms with E-state index in [2.05, 4.69) is 15.1 Å². The zero-order chi connectivity index (χ0) is 15.7. The first-order valence-corrected chi connectivity index (χ1v) is 7.40. The van der Waals surface area contributed by atoms with Crippen molar-refractivity contribution in [2.24, 2.45) is 0 Å². The van der Waals surface area contributed by atoms with Crippen LogP contribution in [0.3, 0.4) is 0 Å². The van der Waals surface area contributed by atoms with Crippen LogP contribution in [0.15, 0.2) is 24.8 Å². The fourth-order valence-corrected chi connectivity index (χ4v) is 2.77. The van der Waals surface area contributed by atoms with Crippen molar-refractivity contribution < 1.29 is 4.79 Å². The van der Waals surface area contributed by atoms with Crippen molar-refractivity contribution in [2.45, 2.75) is 12.5 Å². The zero-order valence-electron chi connectivity index (χ0n) is 12.5. The molecular formula is C14H17ClN6O. The van der Waals surface area contributed by atoms with E-state index in [0.717, 1.165) is 6.42 Å². The molecule has 3 heterocycles. The lowest BCUT2D eigenvalue weighted by Crippen LogP contribution is -2.29. The molecule has 7 nitrogen and oxygen atoms in total. The number of nitrogens with zero attached hydrogens (tertiary/aromatic N) is 6. The van der Waals surface area contributed by atoms with E-state index in [1.54, 1.807) is 23.1 Å². The van der Waals surface area contributed by atoms with Gasteiger partial charge in [0.2, 0.25) is 0 Å². The SMILES string of the molecule is CN(C)c1cc(C(=O)N2CCC(n3cncn3)C2)cc(Cl)n1. The fourth-order valence-electron chi connectivity index (χ4n) is 2.57. The minimum atomic E-state index is -0.0324. The third kappa shape index (κ3) is 2.89. The molecule has 0 aromatic carbocycles. The quantitative estimate of drug-likeness (QED) is 0.801. The van der Waals surface area contributed by atoms with Crippen molar-refractivity contribution in [3.8, 4) is 0 Å². The number of aromatic nitrogens is 4. The second kappa shape index (κ2) is 5.92. The van der Waals surface area contributed by atoms with Gasteiger partial charge in [0.15, 0.2) is 0 Å². The molecule has 2 aromatic rings. The van der Waals surface area contributed by atoms with Gasteiger partial charge in [-0.25, -0.2) is 14.6 Å². The Labute approximate surface area is 133 Å². The molecule has 3 rings (SSSR count). The van der Waals surface area contributed by atoms with Crippen molar-refractivity contribution in [2.75, 3.05) is 32.1 Å². The van der Waals surface area contributed by atoms with E-state index in [-0.39, 0.29) is 11.9 Å². The minimum Gasteiger partial charge on any atom is -0.363 e. The van der Waals surface area contributed by atoms with E-state index >= 15 is 0 Å². The predicted octanol–water partition coefficient (Wildman–Crippen LogP) is 1.48. The van der Waals surface area contributed by atoms with Gasteiger partial charge in [-0.05, 0) is 18.6 Å². The van der Waals surface area contributed by atoms with Crippen LogP contribution in [0.4, 0.5) is 5.82 Å². The molecule has 0 radical (unpaired) electrons. The molecule has 2 aromatic heterocycles. The molecule has 1 aliphatic heterocycles. The monoisotopic (exact) mass is 320 g/mol. The molecule has 1 atom stereocenters. The molecule has 0 aliphatic carbocycles. The second-order valence-electron chi connectivity index (χ2n) is 5.50. The third-order valence-corrected chi connectivity index (χ3v) is 3.94. The van der Waals surface area contributed by atoms with Gasteiger partial charge in [-0.3, -0.25) is 4.79 Å². The Balaban J connectivity index is 1.77. The summed E-state index contributed by atoms with van der Waals surface area (Å²) in [6.45, 7) is 1.32. The molecule has 1 saturated heterocycles. The predicted molar refractivity (Wildman–Crippen MR) is 83.2 cm³/mol. The topological polar surface area (TPSA) is 67.2 Å². The Morgan fingerprint density at radius 2 is 2.23 bits per heavy atom. The highest BCUT2D eigenvalue weighted by atomic mass is 35.5. The highest BCUT2D eigenvalue weighted by molar-refractivity contribution is 6.29. The van der Waals surface area contributed by atoms with Gasteiger partial charge in [0.25, 0.3) is 5.91 Å². The number of pyridine rings is 1. The van der Waals surface area contributed by atoms with Crippen LogP contribution in [0.2, 0.25) is 5.15 Å². The Kier molecular flexibility index (Phi) is 3.98. The molecule has 1 fully saturated rings. The lowest BCUT2D eigenvalue weighted by atomic mass is 10.2. The van der Waals surface area contributed by atoms with Crippen LogP contribution >= 0.6 is 11.6 Å². The van der Waals surface area contributed by atoms with Gasteiger partial charge < -0.3 is 9.80 Å². The summed E-state index contributed by atoms with van der Waals surface area (Å²) in [4.78, 5) is 24.5. The second-order valence-corrected chi connectivity index (χ2v) is 5.89. The molecule has 0 spiro atoms. The van der Waals surface area contributed by atoms with Crippen LogP contribution in [0.25, 0.3) is 0 Å². The van der Waals surface area contributed by atoms with E-state index in [4.69, 9.17) is 11.6 Å². The van der Waals surface area contributed by atoms with Gasteiger partial charge in [-0.1, -0.05) is 11.6 Å². The van der Waals surface area contributed by atoms with Crippen molar-refractivity contribution in [1.82, 2.24) is 24.6 Å². The van der Waals surface area contributed by atoms with E-state index < -0.39 is 0 Å². The molecule has 1 unspecified atom stereocenters. The summed E-state index contributed by atoms with van der Waals surface area (Å²) in [5.74, 6) is 0.637. The van der Waals surface area contributed by atoms with Gasteiger partial charge in [-0.2, -0.15) is 5.10 Å². The number of anilines is 1. The highest BCUT2D eigenvalue weighted by Crippen LogP contribution is 2.24. The Morgan fingerprint density at radius 3 is 2.91 bits per heavy atom. The van der Waals surface area contributed by atoms with Gasteiger partial charge in [0.1, 0.15) is 23.6 Å². The molecule has 8 heteroatoms. The average Bonchev–Trinajstić information content (AvgIpc) is 3.16. The fraction of sp³-hybridized carbons (Fsp3) is 0.429. The smallest absolute Gasteiger partial charge is 0.254 e. The summed E-state index contributed by atoms with van der Waals surface area (Å²) in [5.41, 5.74) is 0.558. The molecule has 22 heavy (non-hydrogen) atoms. The lowest BCUT2D eigenvalue weighted by Gasteiger charge is -2.18. The number of carbonyl (C=O) groups excluding carboxylic acids is 1. The zero-order valence-corrected chi connectivity index (χ0v) is 13.2. The number of hydrogen-bond donors (Lipinski definition) is 0. The summed E-state index contributed by atoms with van der Waals surface area (Å²) in [5, 5.41) is 4.47. The van der Waals surface area contributed by atoms with Gasteiger partial charge in [-0.15, -0.1) is 0 Å². The van der Waals surface area contributed by atoms with Crippen LogP contribution in [0.5, 0.6) is 0 Å². The number of hydrogen-bond acceptors (Lipinski definition) is 5. The van der Waals surface area contributed by atoms with E-state index in [9.17, 15) is 4.79 Å². The van der Waals surface area contributed by atoms with Crippen molar-refractivity contribution in [1.29, 1.82) is 0 Å². The Bertz CT molecular complexity index is 672. The first kappa shape index (κ1) is 14.8. The number of rotatable bonds is 3. The van der Waals surface area contributed by atoms with E-state index in [1.165, 1.54) is 6.33 Å². The van der Waals surface area contributed by atoms with Crippen molar-refractivity contribution in [3.05, 3.63) is 35.5 Å². The van der Waals surface area contributed by atoms with Crippen LogP contribution in [-0.2, 0) is 0 Å². The van der Waals surface area contributed by atoms with Crippen molar-refractivity contribution >= 4 is 23.3 Å². The molecule has 116 valence electrons. The summed E-state index contributed by atoms with van der Waals surface area (Å²) in [6.07, 6.45) is 4.07. The Hall–Kier alpha value is -2.15. The van der Waals surface area contributed by atoms with Crippen LogP contribution in [0, 0.1) is 0 Å². The minimum absolute atomic E-state index is 0.0324. The summed E-state index contributed by atoms with van der Waals surface area (Å²) < 4.78 is 1.80. The molecule has 1 aliphatic rings. The molecule has 0 bridgehead atoms. The number of amides is 1. The van der Waals surface area contributed by atoms with E-state index in [0.29, 0.717) is 29.6 Å². The summed E-state index contributed by atoms with van der Waals surface area (Å²) in [6, 6.07) is 3.55. The van der Waals surface area contributed by atoms with Crippen LogP contribution < -0.4 is 4.90 Å². The molecule has 0 saturated carbocycles. The standard InChI is InChI=1S/C14H17ClN6O/c1-19(2)13-6-10(5-12(15)18-13)14(22)20-4-3-11(7-20)21-9-16-8-17-21/h5-6,8-9,11H,3-4,7H2,1-2H3. The maximum absolute atomic E-state index is 12.7. The molecule has 1 amide bonds. The van der Waals surface area contributed by atoms with Gasteiger partial charge >= 0.3 is 0 Å². The summed E-state index contributed by atoms with van der Waals surface area (Å²) >= 11 is 6.02. The maximum atomic E-state index is 12.7. The molecule has 0 N–H and O–H groups in total. The third-order valence-electron chi connectivity index (χ3n) is 3.75. The Morgan fingerprint density at radius 1 is 1.41 bits per heavy atom. The van der Waals surface area contributed by atoms with Gasteiger partial charge in [0, 0.05) is 32.7 Å². The average molecular weight is 321 g/mol.